The monoisotopic (exact) mass is 256 g/mol. The van der Waals surface area contributed by atoms with Crippen LogP contribution in [0.2, 0.25) is 5.02 Å². The first-order chi connectivity index (χ1) is 8.13. The third kappa shape index (κ3) is 4.82. The van der Waals surface area contributed by atoms with Crippen molar-refractivity contribution in [1.82, 2.24) is 4.98 Å². The van der Waals surface area contributed by atoms with E-state index in [1.165, 1.54) is 12.4 Å². The summed E-state index contributed by atoms with van der Waals surface area (Å²) < 4.78 is 4.71. The van der Waals surface area contributed by atoms with Crippen molar-refractivity contribution in [2.75, 3.05) is 11.9 Å². The number of esters is 1. The van der Waals surface area contributed by atoms with Gasteiger partial charge in [0.15, 0.2) is 0 Å². The van der Waals surface area contributed by atoms with E-state index < -0.39 is 0 Å². The van der Waals surface area contributed by atoms with Crippen LogP contribution in [0.25, 0.3) is 0 Å². The molecule has 0 aliphatic heterocycles. The quantitative estimate of drug-likeness (QED) is 0.819. The summed E-state index contributed by atoms with van der Waals surface area (Å²) in [6.45, 7) is 2.03. The first kappa shape index (κ1) is 13.4. The van der Waals surface area contributed by atoms with E-state index in [9.17, 15) is 9.59 Å². The Kier molecular flexibility index (Phi) is 5.42. The lowest BCUT2D eigenvalue weighted by atomic mass is 10.3. The van der Waals surface area contributed by atoms with Crippen LogP contribution in [0.1, 0.15) is 19.8 Å². The van der Waals surface area contributed by atoms with E-state index >= 15 is 0 Å². The molecule has 0 fully saturated rings. The second-order valence-electron chi connectivity index (χ2n) is 3.21. The molecule has 1 amide bonds. The number of anilines is 1. The number of amides is 1. The van der Waals surface area contributed by atoms with Crippen molar-refractivity contribution in [1.29, 1.82) is 0 Å². The SMILES string of the molecule is CCOC(=O)CCC(=O)Nc1cnccc1Cl. The smallest absolute Gasteiger partial charge is 0.306 e. The maximum Gasteiger partial charge on any atom is 0.306 e. The molecule has 1 N–H and O–H groups in total. The first-order valence-electron chi connectivity index (χ1n) is 5.18. The van der Waals surface area contributed by atoms with Crippen molar-refractivity contribution in [2.45, 2.75) is 19.8 Å². The molecule has 6 heteroatoms. The molecular weight excluding hydrogens is 244 g/mol. The zero-order valence-corrected chi connectivity index (χ0v) is 10.2. The largest absolute Gasteiger partial charge is 0.466 e. The number of carbonyl (C=O) groups is 2. The average molecular weight is 257 g/mol. The van der Waals surface area contributed by atoms with Gasteiger partial charge in [-0.05, 0) is 13.0 Å². The highest BCUT2D eigenvalue weighted by Gasteiger charge is 2.09. The van der Waals surface area contributed by atoms with Gasteiger partial charge in [-0.25, -0.2) is 0 Å². The van der Waals surface area contributed by atoms with Gasteiger partial charge in [0.25, 0.3) is 0 Å². The first-order valence-corrected chi connectivity index (χ1v) is 5.56. The maximum absolute atomic E-state index is 11.5. The van der Waals surface area contributed by atoms with E-state index in [-0.39, 0.29) is 24.7 Å². The van der Waals surface area contributed by atoms with Crippen LogP contribution < -0.4 is 5.32 Å². The molecular formula is C11H13ClN2O3. The molecule has 0 unspecified atom stereocenters. The zero-order valence-electron chi connectivity index (χ0n) is 9.40. The van der Waals surface area contributed by atoms with Gasteiger partial charge < -0.3 is 10.1 Å². The molecule has 92 valence electrons. The summed E-state index contributed by atoms with van der Waals surface area (Å²) in [5.41, 5.74) is 0.433. The van der Waals surface area contributed by atoms with Gasteiger partial charge in [-0.1, -0.05) is 11.6 Å². The second-order valence-corrected chi connectivity index (χ2v) is 3.62. The number of halogens is 1. The molecule has 0 saturated heterocycles. The van der Waals surface area contributed by atoms with Crippen molar-refractivity contribution in [2.24, 2.45) is 0 Å². The molecule has 1 aromatic heterocycles. The van der Waals surface area contributed by atoms with Crippen LogP contribution in [0.4, 0.5) is 5.69 Å². The molecule has 17 heavy (non-hydrogen) atoms. The highest BCUT2D eigenvalue weighted by Crippen LogP contribution is 2.19. The van der Waals surface area contributed by atoms with Gasteiger partial charge in [-0.2, -0.15) is 0 Å². The van der Waals surface area contributed by atoms with Gasteiger partial charge in [0.2, 0.25) is 5.91 Å². The fourth-order valence-electron chi connectivity index (χ4n) is 1.13. The second kappa shape index (κ2) is 6.85. The Morgan fingerprint density at radius 3 is 2.88 bits per heavy atom. The van der Waals surface area contributed by atoms with Gasteiger partial charge in [-0.15, -0.1) is 0 Å². The van der Waals surface area contributed by atoms with E-state index in [1.54, 1.807) is 13.0 Å². The number of ether oxygens (including phenoxy) is 1. The molecule has 0 aliphatic rings. The normalized spacial score (nSPS) is 9.76. The van der Waals surface area contributed by atoms with Crippen LogP contribution in [0.5, 0.6) is 0 Å². The van der Waals surface area contributed by atoms with Crippen LogP contribution in [-0.2, 0) is 14.3 Å². The predicted molar refractivity (Wildman–Crippen MR) is 63.7 cm³/mol. The summed E-state index contributed by atoms with van der Waals surface area (Å²) in [6, 6.07) is 1.57. The molecule has 5 nitrogen and oxygen atoms in total. The lowest BCUT2D eigenvalue weighted by molar-refractivity contribution is -0.144. The fraction of sp³-hybridized carbons (Fsp3) is 0.364. The van der Waals surface area contributed by atoms with Gasteiger partial charge in [0.1, 0.15) is 0 Å². The Labute approximate surface area is 104 Å². The molecule has 0 saturated carbocycles. The molecule has 1 heterocycles. The maximum atomic E-state index is 11.5. The van der Waals surface area contributed by atoms with E-state index in [0.29, 0.717) is 17.3 Å². The lowest BCUT2D eigenvalue weighted by Gasteiger charge is -2.06. The van der Waals surface area contributed by atoms with E-state index in [2.05, 4.69) is 10.3 Å². The predicted octanol–water partition coefficient (Wildman–Crippen LogP) is 2.02. The molecule has 0 bridgehead atoms. The number of rotatable bonds is 5. The fourth-order valence-corrected chi connectivity index (χ4v) is 1.28. The molecule has 0 radical (unpaired) electrons. The summed E-state index contributed by atoms with van der Waals surface area (Å²) in [5.74, 6) is -0.687. The Bertz CT molecular complexity index is 409. The Hall–Kier alpha value is -1.62. The van der Waals surface area contributed by atoms with Crippen LogP contribution in [0.15, 0.2) is 18.5 Å². The Morgan fingerprint density at radius 2 is 2.24 bits per heavy atom. The number of pyridine rings is 1. The lowest BCUT2D eigenvalue weighted by Crippen LogP contribution is -2.14. The number of hydrogen-bond donors (Lipinski definition) is 1. The number of hydrogen-bond acceptors (Lipinski definition) is 4. The third-order valence-corrected chi connectivity index (χ3v) is 2.23. The molecule has 0 aliphatic carbocycles. The van der Waals surface area contributed by atoms with E-state index in [0.717, 1.165) is 0 Å². The van der Waals surface area contributed by atoms with Crippen LogP contribution in [0.3, 0.4) is 0 Å². The van der Waals surface area contributed by atoms with Crippen LogP contribution >= 0.6 is 11.6 Å². The molecule has 1 aromatic rings. The van der Waals surface area contributed by atoms with Gasteiger partial charge in [-0.3, -0.25) is 14.6 Å². The van der Waals surface area contributed by atoms with Crippen LogP contribution in [0, 0.1) is 0 Å². The number of aromatic nitrogens is 1. The van der Waals surface area contributed by atoms with Crippen molar-refractivity contribution in [3.63, 3.8) is 0 Å². The standard InChI is InChI=1S/C11H13ClN2O3/c1-2-17-11(16)4-3-10(15)14-9-7-13-6-5-8(9)12/h5-7H,2-4H2,1H3,(H,14,15). The molecule has 0 spiro atoms. The average Bonchev–Trinajstić information content (AvgIpc) is 2.30. The number of nitrogens with one attached hydrogen (secondary N) is 1. The minimum atomic E-state index is -0.389. The number of nitrogens with zero attached hydrogens (tertiary/aromatic N) is 1. The Balaban J connectivity index is 2.40. The van der Waals surface area contributed by atoms with Crippen molar-refractivity contribution in [3.05, 3.63) is 23.5 Å². The summed E-state index contributed by atoms with van der Waals surface area (Å²) >= 11 is 5.83. The van der Waals surface area contributed by atoms with Gasteiger partial charge in [0.05, 0.1) is 29.9 Å². The van der Waals surface area contributed by atoms with Crippen molar-refractivity contribution < 1.29 is 14.3 Å². The summed E-state index contributed by atoms with van der Waals surface area (Å²) in [5, 5.41) is 2.97. The minimum Gasteiger partial charge on any atom is -0.466 e. The summed E-state index contributed by atoms with van der Waals surface area (Å²) in [6.07, 6.45) is 3.09. The molecule has 0 atom stereocenters. The topological polar surface area (TPSA) is 68.3 Å². The highest BCUT2D eigenvalue weighted by molar-refractivity contribution is 6.33. The highest BCUT2D eigenvalue weighted by atomic mass is 35.5. The van der Waals surface area contributed by atoms with Crippen molar-refractivity contribution in [3.8, 4) is 0 Å². The molecule has 1 rings (SSSR count). The third-order valence-electron chi connectivity index (χ3n) is 1.90. The van der Waals surface area contributed by atoms with Crippen LogP contribution in [-0.4, -0.2) is 23.5 Å². The Morgan fingerprint density at radius 1 is 1.47 bits per heavy atom. The van der Waals surface area contributed by atoms with E-state index in [4.69, 9.17) is 16.3 Å². The van der Waals surface area contributed by atoms with Gasteiger partial charge in [0, 0.05) is 12.6 Å². The van der Waals surface area contributed by atoms with Gasteiger partial charge >= 0.3 is 5.97 Å². The summed E-state index contributed by atoms with van der Waals surface area (Å²) in [4.78, 5) is 26.3. The number of carbonyl (C=O) groups excluding carboxylic acids is 2. The molecule has 0 aromatic carbocycles. The van der Waals surface area contributed by atoms with E-state index in [1.807, 2.05) is 0 Å². The summed E-state index contributed by atoms with van der Waals surface area (Å²) in [7, 11) is 0. The zero-order chi connectivity index (χ0) is 12.7. The minimum absolute atomic E-state index is 0.0531. The van der Waals surface area contributed by atoms with Crippen molar-refractivity contribution >= 4 is 29.2 Å².